The smallest absolute Gasteiger partial charge is 0.353 e. The first-order valence-electron chi connectivity index (χ1n) is 7.05. The molecule has 0 atom stereocenters. The molecule has 24 heavy (non-hydrogen) atoms. The number of halogens is 2. The van der Waals surface area contributed by atoms with E-state index in [4.69, 9.17) is 28.3 Å². The Bertz CT molecular complexity index is 744. The molecule has 2 N–H and O–H groups in total. The first kappa shape index (κ1) is 18.2. The Morgan fingerprint density at radius 3 is 2.71 bits per heavy atom. The number of likely N-dealkylation sites (N-methyl/N-ethyl adjacent to an activating group) is 1. The lowest BCUT2D eigenvalue weighted by atomic mass is 10.3. The van der Waals surface area contributed by atoms with Gasteiger partial charge in [-0.05, 0) is 25.1 Å². The van der Waals surface area contributed by atoms with Crippen molar-refractivity contribution in [3.8, 4) is 0 Å². The summed E-state index contributed by atoms with van der Waals surface area (Å²) in [5, 5.41) is 24.3. The van der Waals surface area contributed by atoms with Gasteiger partial charge in [0.15, 0.2) is 0 Å². The molecule has 0 fully saturated rings. The maximum Gasteiger partial charge on any atom is 0.353 e. The quantitative estimate of drug-likeness (QED) is 0.568. The molecule has 0 radical (unpaired) electrons. The van der Waals surface area contributed by atoms with Gasteiger partial charge in [-0.1, -0.05) is 23.2 Å². The maximum atomic E-state index is 11.5. The van der Waals surface area contributed by atoms with Crippen molar-refractivity contribution in [3.63, 3.8) is 0 Å². The number of benzene rings is 1. The minimum Gasteiger partial charge on any atom is -0.395 e. The molecular formula is C14H15Cl2N5O3. The fourth-order valence-electron chi connectivity index (χ4n) is 2.11. The van der Waals surface area contributed by atoms with Crippen molar-refractivity contribution in [1.29, 1.82) is 0 Å². The molecule has 0 unspecified atom stereocenters. The summed E-state index contributed by atoms with van der Waals surface area (Å²) in [5.74, 6) is 0.129. The molecule has 10 heteroatoms. The fourth-order valence-corrected chi connectivity index (χ4v) is 2.57. The lowest BCUT2D eigenvalue weighted by Crippen LogP contribution is -2.28. The predicted octanol–water partition coefficient (Wildman–Crippen LogP) is 3.25. The second-order valence-electron chi connectivity index (χ2n) is 4.70. The first-order chi connectivity index (χ1) is 11.5. The number of rotatable bonds is 7. The van der Waals surface area contributed by atoms with E-state index >= 15 is 0 Å². The molecule has 1 aromatic carbocycles. The van der Waals surface area contributed by atoms with Crippen molar-refractivity contribution in [1.82, 2.24) is 9.97 Å². The van der Waals surface area contributed by atoms with Crippen LogP contribution in [0.3, 0.4) is 0 Å². The number of aromatic nitrogens is 2. The van der Waals surface area contributed by atoms with Gasteiger partial charge < -0.3 is 15.3 Å². The first-order valence-corrected chi connectivity index (χ1v) is 7.80. The van der Waals surface area contributed by atoms with E-state index < -0.39 is 4.92 Å². The van der Waals surface area contributed by atoms with Gasteiger partial charge in [-0.3, -0.25) is 10.1 Å². The van der Waals surface area contributed by atoms with Gasteiger partial charge in [0.05, 0.1) is 22.2 Å². The summed E-state index contributed by atoms with van der Waals surface area (Å²) >= 11 is 11.9. The summed E-state index contributed by atoms with van der Waals surface area (Å²) in [6, 6.07) is 4.72. The number of hydrogen-bond acceptors (Lipinski definition) is 7. The van der Waals surface area contributed by atoms with E-state index in [1.165, 1.54) is 12.4 Å². The molecule has 2 rings (SSSR count). The van der Waals surface area contributed by atoms with Crippen molar-refractivity contribution >= 4 is 46.2 Å². The van der Waals surface area contributed by atoms with Crippen molar-refractivity contribution in [2.75, 3.05) is 29.9 Å². The summed E-state index contributed by atoms with van der Waals surface area (Å²) < 4.78 is 0. The second kappa shape index (κ2) is 8.09. The Labute approximate surface area is 148 Å². The zero-order valence-electron chi connectivity index (χ0n) is 12.7. The zero-order valence-corrected chi connectivity index (χ0v) is 14.3. The van der Waals surface area contributed by atoms with Gasteiger partial charge in [0.25, 0.3) is 0 Å². The molecule has 0 spiro atoms. The molecule has 128 valence electrons. The van der Waals surface area contributed by atoms with Crippen molar-refractivity contribution in [2.45, 2.75) is 6.92 Å². The van der Waals surface area contributed by atoms with Crippen LogP contribution in [-0.4, -0.2) is 39.7 Å². The molecule has 0 aliphatic heterocycles. The topological polar surface area (TPSA) is 104 Å². The molecule has 0 aliphatic rings. The van der Waals surface area contributed by atoms with Crippen LogP contribution in [0.25, 0.3) is 0 Å². The minimum atomic E-state index is -0.568. The lowest BCUT2D eigenvalue weighted by Gasteiger charge is -2.21. The monoisotopic (exact) mass is 371 g/mol. The lowest BCUT2D eigenvalue weighted by molar-refractivity contribution is -0.383. The summed E-state index contributed by atoms with van der Waals surface area (Å²) in [4.78, 5) is 20.5. The normalized spacial score (nSPS) is 10.5. The highest BCUT2D eigenvalue weighted by atomic mass is 35.5. The van der Waals surface area contributed by atoms with Gasteiger partial charge in [0.1, 0.15) is 6.33 Å². The highest BCUT2D eigenvalue weighted by molar-refractivity contribution is 6.36. The van der Waals surface area contributed by atoms with Crippen LogP contribution in [0.4, 0.5) is 23.0 Å². The van der Waals surface area contributed by atoms with Crippen molar-refractivity contribution in [2.24, 2.45) is 0 Å². The third kappa shape index (κ3) is 4.02. The summed E-state index contributed by atoms with van der Waals surface area (Å²) in [6.45, 7) is 2.32. The Kier molecular flexibility index (Phi) is 6.13. The van der Waals surface area contributed by atoms with Gasteiger partial charge in [-0.2, -0.15) is 0 Å². The summed E-state index contributed by atoms with van der Waals surface area (Å²) in [6.07, 6.45) is 1.22. The zero-order chi connectivity index (χ0) is 17.7. The Morgan fingerprint density at radius 2 is 2.12 bits per heavy atom. The molecule has 0 amide bonds. The molecule has 0 saturated carbocycles. The van der Waals surface area contributed by atoms with Crippen LogP contribution in [0.15, 0.2) is 24.5 Å². The fraction of sp³-hybridized carbons (Fsp3) is 0.286. The van der Waals surface area contributed by atoms with E-state index in [1.807, 2.05) is 6.92 Å². The average Bonchev–Trinajstić information content (AvgIpc) is 2.54. The highest BCUT2D eigenvalue weighted by Gasteiger charge is 2.26. The molecule has 0 saturated heterocycles. The third-order valence-electron chi connectivity index (χ3n) is 3.22. The van der Waals surface area contributed by atoms with E-state index in [1.54, 1.807) is 17.0 Å². The second-order valence-corrected chi connectivity index (χ2v) is 5.55. The Morgan fingerprint density at radius 1 is 1.38 bits per heavy atom. The number of hydrogen-bond donors (Lipinski definition) is 2. The number of aliphatic hydroxyl groups is 1. The van der Waals surface area contributed by atoms with Gasteiger partial charge in [0, 0.05) is 18.1 Å². The highest BCUT2D eigenvalue weighted by Crippen LogP contribution is 2.35. The van der Waals surface area contributed by atoms with Crippen molar-refractivity contribution in [3.05, 3.63) is 44.7 Å². The molecular weight excluding hydrogens is 357 g/mol. The van der Waals surface area contributed by atoms with Crippen LogP contribution < -0.4 is 10.2 Å². The largest absolute Gasteiger partial charge is 0.395 e. The average molecular weight is 372 g/mol. The number of aliphatic hydroxyl groups excluding tert-OH is 1. The van der Waals surface area contributed by atoms with Gasteiger partial charge >= 0.3 is 5.69 Å². The molecule has 2 aromatic rings. The number of nitrogens with one attached hydrogen (secondary N) is 1. The number of anilines is 3. The van der Waals surface area contributed by atoms with Gasteiger partial charge in [-0.15, -0.1) is 0 Å². The van der Waals surface area contributed by atoms with E-state index in [2.05, 4.69) is 15.3 Å². The standard InChI is InChI=1S/C14H15Cl2N5O3/c1-2-20(5-6-22)14-12(21(23)24)13(17-8-18-14)19-11-4-3-9(15)7-10(11)16/h3-4,7-8,22H,2,5-6H2,1H3,(H,17,18,19). The van der Waals surface area contributed by atoms with E-state index in [9.17, 15) is 10.1 Å². The predicted molar refractivity (Wildman–Crippen MR) is 93.4 cm³/mol. The van der Waals surface area contributed by atoms with Crippen LogP contribution in [-0.2, 0) is 0 Å². The summed E-state index contributed by atoms with van der Waals surface area (Å²) in [5.41, 5.74) is 0.137. The van der Waals surface area contributed by atoms with Crippen LogP contribution in [0.5, 0.6) is 0 Å². The molecule has 1 heterocycles. The van der Waals surface area contributed by atoms with Crippen LogP contribution in [0.1, 0.15) is 6.92 Å². The Balaban J connectivity index is 2.48. The van der Waals surface area contributed by atoms with E-state index in [0.29, 0.717) is 22.3 Å². The van der Waals surface area contributed by atoms with Crippen LogP contribution in [0, 0.1) is 10.1 Å². The number of nitrogens with zero attached hydrogens (tertiary/aromatic N) is 4. The summed E-state index contributed by atoms with van der Waals surface area (Å²) in [7, 11) is 0. The van der Waals surface area contributed by atoms with Crippen LogP contribution >= 0.6 is 23.2 Å². The molecule has 1 aromatic heterocycles. The molecule has 0 aliphatic carbocycles. The molecule has 0 bridgehead atoms. The number of nitro groups is 1. The van der Waals surface area contributed by atoms with Gasteiger partial charge in [0.2, 0.25) is 11.6 Å². The minimum absolute atomic E-state index is 0.00520. The SMILES string of the molecule is CCN(CCO)c1ncnc(Nc2ccc(Cl)cc2Cl)c1[N+](=O)[O-]. The van der Waals surface area contributed by atoms with Crippen LogP contribution in [0.2, 0.25) is 10.0 Å². The van der Waals surface area contributed by atoms with Crippen molar-refractivity contribution < 1.29 is 10.0 Å². The van der Waals surface area contributed by atoms with E-state index in [0.717, 1.165) is 0 Å². The third-order valence-corrected chi connectivity index (χ3v) is 3.77. The maximum absolute atomic E-state index is 11.5. The van der Waals surface area contributed by atoms with E-state index in [-0.39, 0.29) is 30.5 Å². The Hall–Kier alpha value is -2.16. The molecule has 8 nitrogen and oxygen atoms in total. The van der Waals surface area contributed by atoms with Gasteiger partial charge in [-0.25, -0.2) is 9.97 Å².